The van der Waals surface area contributed by atoms with E-state index in [1.807, 2.05) is 4.90 Å². The summed E-state index contributed by atoms with van der Waals surface area (Å²) in [7, 11) is -3.64. The Morgan fingerprint density at radius 1 is 1.30 bits per heavy atom. The third-order valence-corrected chi connectivity index (χ3v) is 5.79. The number of nitrogens with zero attached hydrogens (tertiary/aromatic N) is 1. The van der Waals surface area contributed by atoms with E-state index in [9.17, 15) is 13.2 Å². The quantitative estimate of drug-likeness (QED) is 0.779. The third kappa shape index (κ3) is 4.91. The van der Waals surface area contributed by atoms with E-state index in [-0.39, 0.29) is 17.1 Å². The van der Waals surface area contributed by atoms with E-state index in [2.05, 4.69) is 4.72 Å². The summed E-state index contributed by atoms with van der Waals surface area (Å²) >= 11 is 1.76. The van der Waals surface area contributed by atoms with Crippen LogP contribution in [-0.4, -0.2) is 49.9 Å². The van der Waals surface area contributed by atoms with Crippen molar-refractivity contribution in [2.24, 2.45) is 11.1 Å². The monoisotopic (exact) mass is 321 g/mol. The number of thioether (sulfide) groups is 1. The molecule has 1 amide bonds. The largest absolute Gasteiger partial charge is 0.341 e. The maximum absolute atomic E-state index is 12.4. The lowest BCUT2D eigenvalue weighted by Crippen LogP contribution is -2.47. The van der Waals surface area contributed by atoms with Crippen LogP contribution in [-0.2, 0) is 15.0 Å². The zero-order valence-corrected chi connectivity index (χ0v) is 13.2. The van der Waals surface area contributed by atoms with Gasteiger partial charge in [-0.05, 0) is 37.4 Å². The van der Waals surface area contributed by atoms with Gasteiger partial charge in [-0.15, -0.1) is 11.8 Å². The SMILES string of the molecule is NS(=O)(=O)NCC1CCCN(C(=O)C2CCCCS2)C1. The maximum atomic E-state index is 12.4. The second-order valence-electron chi connectivity index (χ2n) is 5.54. The van der Waals surface area contributed by atoms with Crippen LogP contribution in [0.2, 0.25) is 0 Å². The highest BCUT2D eigenvalue weighted by atomic mass is 32.2. The zero-order chi connectivity index (χ0) is 14.6. The number of nitrogens with one attached hydrogen (secondary N) is 1. The molecule has 116 valence electrons. The minimum absolute atomic E-state index is 0.105. The Labute approximate surface area is 125 Å². The van der Waals surface area contributed by atoms with Gasteiger partial charge in [0, 0.05) is 19.6 Å². The molecule has 0 saturated carbocycles. The van der Waals surface area contributed by atoms with Crippen LogP contribution in [0.4, 0.5) is 0 Å². The van der Waals surface area contributed by atoms with Crippen molar-refractivity contribution in [1.29, 1.82) is 0 Å². The summed E-state index contributed by atoms with van der Waals surface area (Å²) in [5.41, 5.74) is 0. The number of likely N-dealkylation sites (tertiary alicyclic amines) is 1. The molecule has 2 atom stereocenters. The normalized spacial score (nSPS) is 28.4. The zero-order valence-electron chi connectivity index (χ0n) is 11.6. The van der Waals surface area contributed by atoms with Crippen molar-refractivity contribution in [3.8, 4) is 0 Å². The van der Waals surface area contributed by atoms with Crippen molar-refractivity contribution in [3.63, 3.8) is 0 Å². The molecule has 0 bridgehead atoms. The molecule has 2 unspecified atom stereocenters. The lowest BCUT2D eigenvalue weighted by Gasteiger charge is -2.35. The number of nitrogens with two attached hydrogens (primary N) is 1. The summed E-state index contributed by atoms with van der Waals surface area (Å²) in [6.07, 6.45) is 5.17. The van der Waals surface area contributed by atoms with Crippen LogP contribution in [0.1, 0.15) is 32.1 Å². The molecule has 0 aromatic rings. The van der Waals surface area contributed by atoms with Crippen LogP contribution in [0.5, 0.6) is 0 Å². The second-order valence-corrected chi connectivity index (χ2v) is 8.23. The van der Waals surface area contributed by atoms with E-state index in [0.717, 1.165) is 38.0 Å². The van der Waals surface area contributed by atoms with Crippen LogP contribution in [0.15, 0.2) is 0 Å². The second kappa shape index (κ2) is 7.11. The number of hydrogen-bond acceptors (Lipinski definition) is 4. The Kier molecular flexibility index (Phi) is 5.71. The van der Waals surface area contributed by atoms with Gasteiger partial charge >= 0.3 is 0 Å². The average molecular weight is 321 g/mol. The molecule has 3 N–H and O–H groups in total. The van der Waals surface area contributed by atoms with E-state index in [4.69, 9.17) is 5.14 Å². The van der Waals surface area contributed by atoms with Gasteiger partial charge < -0.3 is 4.90 Å². The minimum Gasteiger partial charge on any atom is -0.341 e. The summed E-state index contributed by atoms with van der Waals surface area (Å²) in [5.74, 6) is 1.47. The summed E-state index contributed by atoms with van der Waals surface area (Å²) in [6, 6.07) is 0. The van der Waals surface area contributed by atoms with E-state index in [1.54, 1.807) is 11.8 Å². The fourth-order valence-corrected chi connectivity index (χ4v) is 4.55. The molecule has 0 aromatic heterocycles. The summed E-state index contributed by atoms with van der Waals surface area (Å²) in [5, 5.41) is 5.05. The molecule has 0 aliphatic carbocycles. The molecule has 2 aliphatic rings. The van der Waals surface area contributed by atoms with Gasteiger partial charge in [-0.25, -0.2) is 9.86 Å². The first-order valence-electron chi connectivity index (χ1n) is 7.13. The van der Waals surface area contributed by atoms with Crippen molar-refractivity contribution in [2.45, 2.75) is 37.4 Å². The van der Waals surface area contributed by atoms with Gasteiger partial charge in [0.1, 0.15) is 0 Å². The van der Waals surface area contributed by atoms with E-state index >= 15 is 0 Å². The molecule has 0 spiro atoms. The minimum atomic E-state index is -3.64. The van der Waals surface area contributed by atoms with E-state index in [1.165, 1.54) is 6.42 Å². The number of rotatable bonds is 4. The molecule has 0 aromatic carbocycles. The predicted molar refractivity (Wildman–Crippen MR) is 80.5 cm³/mol. The van der Waals surface area contributed by atoms with Crippen LogP contribution in [0, 0.1) is 5.92 Å². The fraction of sp³-hybridized carbons (Fsp3) is 0.917. The third-order valence-electron chi connectivity index (χ3n) is 3.86. The highest BCUT2D eigenvalue weighted by Crippen LogP contribution is 2.28. The van der Waals surface area contributed by atoms with Crippen LogP contribution >= 0.6 is 11.8 Å². The Morgan fingerprint density at radius 2 is 2.10 bits per heavy atom. The number of amides is 1. The average Bonchev–Trinajstić information content (AvgIpc) is 2.45. The van der Waals surface area contributed by atoms with Crippen molar-refractivity contribution in [3.05, 3.63) is 0 Å². The highest BCUT2D eigenvalue weighted by molar-refractivity contribution is 8.00. The molecule has 2 rings (SSSR count). The lowest BCUT2D eigenvalue weighted by molar-refractivity contribution is -0.132. The van der Waals surface area contributed by atoms with E-state index < -0.39 is 10.2 Å². The first-order chi connectivity index (χ1) is 9.46. The van der Waals surface area contributed by atoms with Gasteiger partial charge in [0.25, 0.3) is 10.2 Å². The van der Waals surface area contributed by atoms with Crippen molar-refractivity contribution >= 4 is 27.9 Å². The first kappa shape index (κ1) is 16.1. The molecule has 2 fully saturated rings. The summed E-state index contributed by atoms with van der Waals surface area (Å²) in [6.45, 7) is 1.75. The maximum Gasteiger partial charge on any atom is 0.274 e. The first-order valence-corrected chi connectivity index (χ1v) is 9.73. The lowest BCUT2D eigenvalue weighted by atomic mass is 9.98. The highest BCUT2D eigenvalue weighted by Gasteiger charge is 2.30. The molecule has 6 nitrogen and oxygen atoms in total. The molecular formula is C12H23N3O3S2. The molecule has 20 heavy (non-hydrogen) atoms. The summed E-state index contributed by atoms with van der Waals surface area (Å²) in [4.78, 5) is 14.3. The van der Waals surface area contributed by atoms with Crippen molar-refractivity contribution in [2.75, 3.05) is 25.4 Å². The molecule has 2 aliphatic heterocycles. The van der Waals surface area contributed by atoms with Crippen molar-refractivity contribution in [1.82, 2.24) is 9.62 Å². The van der Waals surface area contributed by atoms with Crippen LogP contribution < -0.4 is 9.86 Å². The Bertz CT molecular complexity index is 435. The Morgan fingerprint density at radius 3 is 2.75 bits per heavy atom. The predicted octanol–water partition coefficient (Wildman–Crippen LogP) is 0.304. The van der Waals surface area contributed by atoms with Gasteiger partial charge in [0.15, 0.2) is 0 Å². The Balaban J connectivity index is 1.84. The standard InChI is InChI=1S/C12H23N3O3S2/c13-20(17,18)14-8-10-4-3-6-15(9-10)12(16)11-5-1-2-7-19-11/h10-11,14H,1-9H2,(H2,13,17,18). The summed E-state index contributed by atoms with van der Waals surface area (Å²) < 4.78 is 24.2. The molecule has 0 radical (unpaired) electrons. The van der Waals surface area contributed by atoms with Crippen LogP contribution in [0.3, 0.4) is 0 Å². The number of piperidine rings is 1. The van der Waals surface area contributed by atoms with Gasteiger partial charge in [-0.3, -0.25) is 4.79 Å². The van der Waals surface area contributed by atoms with Gasteiger partial charge in [0.2, 0.25) is 5.91 Å². The number of hydrogen-bond donors (Lipinski definition) is 2. The molecular weight excluding hydrogens is 298 g/mol. The number of carbonyl (C=O) groups is 1. The molecule has 2 saturated heterocycles. The molecule has 8 heteroatoms. The van der Waals surface area contributed by atoms with Crippen molar-refractivity contribution < 1.29 is 13.2 Å². The number of carbonyl (C=O) groups excluding carboxylic acids is 1. The Hall–Kier alpha value is -0.310. The van der Waals surface area contributed by atoms with E-state index in [0.29, 0.717) is 13.1 Å². The molecule has 2 heterocycles. The smallest absolute Gasteiger partial charge is 0.274 e. The van der Waals surface area contributed by atoms with Gasteiger partial charge in [-0.2, -0.15) is 8.42 Å². The van der Waals surface area contributed by atoms with Gasteiger partial charge in [0.05, 0.1) is 5.25 Å². The van der Waals surface area contributed by atoms with Gasteiger partial charge in [-0.1, -0.05) is 6.42 Å². The topological polar surface area (TPSA) is 92.5 Å². The fourth-order valence-electron chi connectivity index (χ4n) is 2.80. The van der Waals surface area contributed by atoms with Crippen LogP contribution in [0.25, 0.3) is 0 Å².